The molecule has 46 heavy (non-hydrogen) atoms. The summed E-state index contributed by atoms with van der Waals surface area (Å²) in [4.78, 5) is 52.0. The second-order valence-corrected chi connectivity index (χ2v) is 17.1. The van der Waals surface area contributed by atoms with Gasteiger partial charge in [-0.1, -0.05) is 66.2 Å². The highest BCUT2D eigenvalue weighted by Crippen LogP contribution is 2.74. The fourth-order valence-electron chi connectivity index (χ4n) is 11.3. The number of rotatable bonds is 2. The molecule has 0 N–H and O–H groups in total. The molecule has 0 spiro atoms. The fourth-order valence-corrected chi connectivity index (χ4v) is 11.3. The first-order chi connectivity index (χ1) is 21.5. The number of nitriles is 1. The van der Waals surface area contributed by atoms with Crippen molar-refractivity contribution in [1.29, 1.82) is 5.26 Å². The van der Waals surface area contributed by atoms with E-state index in [4.69, 9.17) is 0 Å². The lowest BCUT2D eigenvalue weighted by atomic mass is 9.34. The van der Waals surface area contributed by atoms with Crippen molar-refractivity contribution in [2.75, 3.05) is 0 Å². The first-order valence-electron chi connectivity index (χ1n) is 17.0. The van der Waals surface area contributed by atoms with Crippen molar-refractivity contribution in [3.8, 4) is 17.5 Å². The van der Waals surface area contributed by atoms with Crippen molar-refractivity contribution in [1.82, 2.24) is 14.5 Å². The molecule has 3 fully saturated rings. The Morgan fingerprint density at radius 1 is 0.957 bits per heavy atom. The van der Waals surface area contributed by atoms with Crippen LogP contribution < -0.4 is 0 Å². The van der Waals surface area contributed by atoms with Crippen LogP contribution in [0.4, 0.5) is 0 Å². The van der Waals surface area contributed by atoms with Gasteiger partial charge in [-0.25, -0.2) is 4.98 Å². The number of ketones is 2. The van der Waals surface area contributed by atoms with E-state index >= 15 is 0 Å². The van der Waals surface area contributed by atoms with E-state index in [2.05, 4.69) is 50.7 Å². The quantitative estimate of drug-likeness (QED) is 0.340. The normalized spacial score (nSPS) is 39.0. The lowest BCUT2D eigenvalue weighted by Gasteiger charge is -2.69. The van der Waals surface area contributed by atoms with Crippen LogP contribution in [0, 0.1) is 61.6 Å². The van der Waals surface area contributed by atoms with Crippen LogP contribution >= 0.6 is 0 Å². The molecule has 2 aromatic rings. The molecular formula is C39H46N4O3. The average Bonchev–Trinajstić information content (AvgIpc) is 3.50. The highest BCUT2D eigenvalue weighted by atomic mass is 16.2. The van der Waals surface area contributed by atoms with Gasteiger partial charge in [-0.05, 0) is 91.2 Å². The molecule has 5 aliphatic rings. The van der Waals surface area contributed by atoms with E-state index in [1.165, 1.54) is 0 Å². The minimum atomic E-state index is -0.696. The highest BCUT2D eigenvalue weighted by Gasteiger charge is 2.71. The number of aromatic nitrogens is 3. The Morgan fingerprint density at radius 2 is 1.70 bits per heavy atom. The van der Waals surface area contributed by atoms with E-state index < -0.39 is 16.2 Å². The predicted molar refractivity (Wildman–Crippen MR) is 175 cm³/mol. The maximum absolute atomic E-state index is 14.8. The van der Waals surface area contributed by atoms with Gasteiger partial charge in [0.1, 0.15) is 18.1 Å². The Morgan fingerprint density at radius 3 is 2.39 bits per heavy atom. The molecule has 0 radical (unpaired) electrons. The van der Waals surface area contributed by atoms with E-state index in [9.17, 15) is 19.6 Å². The summed E-state index contributed by atoms with van der Waals surface area (Å²) in [5, 5.41) is 10.0. The Labute approximate surface area is 272 Å². The molecule has 2 aromatic heterocycles. The van der Waals surface area contributed by atoms with Gasteiger partial charge in [0.25, 0.3) is 0 Å². The van der Waals surface area contributed by atoms with Crippen LogP contribution in [0.15, 0.2) is 60.2 Å². The SMILES string of the molecule is CC1(C)CC[C@]2(C(=O)n3cnc(-c4ccccn4)c3)CC[C@]3(C)[C@H](C(=O)C=C4[C@@]5(C)C=C(C#N)C(=O)C(C)(C)C5CC[C@]43C)[C@H]2C1. The van der Waals surface area contributed by atoms with Gasteiger partial charge in [0.15, 0.2) is 11.6 Å². The predicted octanol–water partition coefficient (Wildman–Crippen LogP) is 7.80. The van der Waals surface area contributed by atoms with Gasteiger partial charge >= 0.3 is 0 Å². The number of carbonyl (C=O) groups is 3. The zero-order valence-corrected chi connectivity index (χ0v) is 28.3. The summed E-state index contributed by atoms with van der Waals surface area (Å²) >= 11 is 0. The molecule has 240 valence electrons. The minimum Gasteiger partial charge on any atom is -0.295 e. The third-order valence-corrected chi connectivity index (χ3v) is 14.0. The number of Topliss-reactive ketones (excluding diaryl/α,β-unsaturated/α-hetero) is 1. The zero-order chi connectivity index (χ0) is 33.1. The van der Waals surface area contributed by atoms with Crippen molar-refractivity contribution in [2.45, 2.75) is 93.4 Å². The molecule has 2 heterocycles. The fraction of sp³-hybridized carbons (Fsp3) is 0.590. The number of hydrogen-bond acceptors (Lipinski definition) is 6. The number of carbonyl (C=O) groups excluding carboxylic acids is 3. The van der Waals surface area contributed by atoms with Crippen LogP contribution in [0.2, 0.25) is 0 Å². The van der Waals surface area contributed by atoms with Gasteiger partial charge in [0.05, 0.1) is 16.7 Å². The van der Waals surface area contributed by atoms with E-state index in [1.54, 1.807) is 23.3 Å². The maximum atomic E-state index is 14.8. The zero-order valence-electron chi connectivity index (χ0n) is 28.3. The largest absolute Gasteiger partial charge is 0.295 e. The summed E-state index contributed by atoms with van der Waals surface area (Å²) in [6.07, 6.45) is 14.7. The van der Waals surface area contributed by atoms with Crippen LogP contribution in [-0.4, -0.2) is 32.0 Å². The first kappa shape index (κ1) is 31.0. The molecule has 7 heteroatoms. The van der Waals surface area contributed by atoms with Crippen molar-refractivity contribution in [3.05, 3.63) is 60.2 Å². The van der Waals surface area contributed by atoms with E-state index in [0.717, 1.165) is 56.2 Å². The number of fused-ring (bicyclic) bond motifs is 7. The molecule has 0 bridgehead atoms. The molecule has 0 aromatic carbocycles. The standard InChI is InChI=1S/C39H46N4O3/c1-34(2)13-15-39(33(46)43-22-27(42-23-43)26-10-8-9-17-41-26)16-14-38(7)31(25(39)20-34)28(44)18-30-36(5)19-24(21-40)32(45)35(3,4)29(36)11-12-37(30,38)6/h8-10,17-19,22-23,25,29,31H,11-16,20H2,1-7H3/t25-,29?,31+,36+,37-,38-,39+/m1/s1. The van der Waals surface area contributed by atoms with Gasteiger partial charge in [0, 0.05) is 29.1 Å². The monoisotopic (exact) mass is 618 g/mol. The molecular weight excluding hydrogens is 572 g/mol. The molecule has 5 aliphatic carbocycles. The third kappa shape index (κ3) is 3.91. The molecule has 1 unspecified atom stereocenters. The van der Waals surface area contributed by atoms with Crippen molar-refractivity contribution in [2.24, 2.45) is 50.2 Å². The summed E-state index contributed by atoms with van der Waals surface area (Å²) in [6.45, 7) is 15.3. The Hall–Kier alpha value is -3.66. The van der Waals surface area contributed by atoms with Gasteiger partial charge in [0.2, 0.25) is 5.91 Å². The topological polar surface area (TPSA) is 106 Å². The molecule has 0 aliphatic heterocycles. The Balaban J connectivity index is 1.34. The minimum absolute atomic E-state index is 0.00397. The van der Waals surface area contributed by atoms with Gasteiger partial charge in [-0.2, -0.15) is 5.26 Å². The number of hydrogen-bond donors (Lipinski definition) is 0. The molecule has 0 saturated heterocycles. The molecule has 0 amide bonds. The van der Waals surface area contributed by atoms with Crippen LogP contribution in [0.25, 0.3) is 11.4 Å². The lowest BCUT2D eigenvalue weighted by molar-refractivity contribution is -0.164. The van der Waals surface area contributed by atoms with Gasteiger partial charge < -0.3 is 0 Å². The van der Waals surface area contributed by atoms with Crippen LogP contribution in [0.5, 0.6) is 0 Å². The lowest BCUT2D eigenvalue weighted by Crippen LogP contribution is -2.66. The number of allylic oxidation sites excluding steroid dienone is 4. The van der Waals surface area contributed by atoms with Gasteiger partial charge in [-0.3, -0.25) is 23.9 Å². The van der Waals surface area contributed by atoms with Crippen LogP contribution in [-0.2, 0) is 9.59 Å². The molecule has 7 rings (SSSR count). The van der Waals surface area contributed by atoms with Crippen molar-refractivity contribution >= 4 is 17.5 Å². The van der Waals surface area contributed by atoms with E-state index in [1.807, 2.05) is 44.2 Å². The van der Waals surface area contributed by atoms with Crippen LogP contribution in [0.1, 0.15) is 98.2 Å². The summed E-state index contributed by atoms with van der Waals surface area (Å²) in [6, 6.07) is 7.86. The Kier molecular flexibility index (Phi) is 6.52. The summed E-state index contributed by atoms with van der Waals surface area (Å²) < 4.78 is 1.66. The van der Waals surface area contributed by atoms with Crippen LogP contribution in [0.3, 0.4) is 0 Å². The van der Waals surface area contributed by atoms with Gasteiger partial charge in [-0.15, -0.1) is 0 Å². The molecule has 3 saturated carbocycles. The highest BCUT2D eigenvalue weighted by molar-refractivity contribution is 6.04. The number of pyridine rings is 1. The molecule has 7 atom stereocenters. The number of imidazole rings is 1. The van der Waals surface area contributed by atoms with E-state index in [0.29, 0.717) is 5.69 Å². The maximum Gasteiger partial charge on any atom is 0.238 e. The summed E-state index contributed by atoms with van der Waals surface area (Å²) in [5.41, 5.74) is 0.0662. The van der Waals surface area contributed by atoms with Crippen molar-refractivity contribution in [3.63, 3.8) is 0 Å². The third-order valence-electron chi connectivity index (χ3n) is 14.0. The summed E-state index contributed by atoms with van der Waals surface area (Å²) in [7, 11) is 0. The summed E-state index contributed by atoms with van der Waals surface area (Å²) in [5.74, 6) is -0.339. The molecule has 7 nitrogen and oxygen atoms in total. The number of nitrogens with zero attached hydrogens (tertiary/aromatic N) is 4. The Bertz CT molecular complexity index is 1770. The van der Waals surface area contributed by atoms with E-state index in [-0.39, 0.29) is 57.0 Å². The second kappa shape index (κ2) is 9.69. The second-order valence-electron chi connectivity index (χ2n) is 17.1. The first-order valence-corrected chi connectivity index (χ1v) is 17.0. The van der Waals surface area contributed by atoms with Crippen molar-refractivity contribution < 1.29 is 14.4 Å². The smallest absolute Gasteiger partial charge is 0.238 e. The average molecular weight is 619 g/mol.